The molecule has 0 bridgehead atoms. The summed E-state index contributed by atoms with van der Waals surface area (Å²) >= 11 is 0. The number of carbonyl (C=O) groups is 2. The molecule has 3 rings (SSSR count). The van der Waals surface area contributed by atoms with E-state index in [9.17, 15) is 9.59 Å². The molecule has 1 heterocycles. The predicted molar refractivity (Wildman–Crippen MR) is 104 cm³/mol. The van der Waals surface area contributed by atoms with E-state index in [0.29, 0.717) is 19.5 Å². The van der Waals surface area contributed by atoms with Crippen LogP contribution in [0.5, 0.6) is 0 Å². The Balaban J connectivity index is 1.42. The summed E-state index contributed by atoms with van der Waals surface area (Å²) in [5, 5.41) is 5.60. The summed E-state index contributed by atoms with van der Waals surface area (Å²) in [6, 6.07) is 17.3. The Hall–Kier alpha value is -3.08. The fraction of sp³-hybridized carbons (Fsp3) is 0.238. The summed E-state index contributed by atoms with van der Waals surface area (Å²) in [5.74, 6) is 0.218. The van der Waals surface area contributed by atoms with E-state index in [4.69, 9.17) is 0 Å². The van der Waals surface area contributed by atoms with Crippen LogP contribution in [0.3, 0.4) is 0 Å². The minimum Gasteiger partial charge on any atom is -0.338 e. The van der Waals surface area contributed by atoms with Gasteiger partial charge in [-0.2, -0.15) is 0 Å². The molecule has 2 aromatic rings. The Kier molecular flexibility index (Phi) is 6.04. The number of likely N-dealkylation sites (tertiary alicyclic amines) is 1. The highest BCUT2D eigenvalue weighted by Gasteiger charge is 2.19. The maximum Gasteiger partial charge on any atom is 0.319 e. The van der Waals surface area contributed by atoms with E-state index in [-0.39, 0.29) is 11.9 Å². The molecule has 1 fully saturated rings. The molecule has 1 saturated heterocycles. The minimum atomic E-state index is -0.245. The van der Waals surface area contributed by atoms with Crippen LogP contribution in [0.1, 0.15) is 24.0 Å². The molecule has 134 valence electrons. The average molecular weight is 349 g/mol. The number of nitrogens with one attached hydrogen (secondary N) is 2. The third-order valence-electron chi connectivity index (χ3n) is 4.25. The first-order chi connectivity index (χ1) is 12.7. The number of benzene rings is 2. The van der Waals surface area contributed by atoms with Crippen LogP contribution < -0.4 is 10.6 Å². The van der Waals surface area contributed by atoms with Gasteiger partial charge in [0.1, 0.15) is 0 Å². The van der Waals surface area contributed by atoms with Gasteiger partial charge < -0.3 is 15.5 Å². The highest BCUT2D eigenvalue weighted by molar-refractivity contribution is 5.89. The highest BCUT2D eigenvalue weighted by atomic mass is 16.2. The maximum absolute atomic E-state index is 11.9. The Morgan fingerprint density at radius 2 is 1.85 bits per heavy atom. The third-order valence-corrected chi connectivity index (χ3v) is 4.25. The lowest BCUT2D eigenvalue weighted by molar-refractivity contribution is -0.128. The number of anilines is 1. The van der Waals surface area contributed by atoms with E-state index < -0.39 is 0 Å². The first-order valence-corrected chi connectivity index (χ1v) is 8.84. The van der Waals surface area contributed by atoms with Crippen LogP contribution in [0.25, 0.3) is 6.08 Å². The normalized spacial score (nSPS) is 14.0. The lowest BCUT2D eigenvalue weighted by Crippen LogP contribution is -2.28. The van der Waals surface area contributed by atoms with Gasteiger partial charge in [0.15, 0.2) is 0 Å². The SMILES string of the molecule is O=C(NC/C=C/c1ccccc1)Nc1ccc(CN2CCCC2=O)cc1. The molecule has 2 N–H and O–H groups in total. The summed E-state index contributed by atoms with van der Waals surface area (Å²) in [6.07, 6.45) is 5.47. The van der Waals surface area contributed by atoms with E-state index in [0.717, 1.165) is 29.8 Å². The van der Waals surface area contributed by atoms with E-state index in [1.165, 1.54) is 0 Å². The second-order valence-electron chi connectivity index (χ2n) is 6.26. The van der Waals surface area contributed by atoms with Crippen LogP contribution in [0.15, 0.2) is 60.7 Å². The van der Waals surface area contributed by atoms with Gasteiger partial charge in [-0.1, -0.05) is 54.6 Å². The Labute approximate surface area is 153 Å². The first kappa shape index (κ1) is 17.7. The summed E-state index contributed by atoms with van der Waals surface area (Å²) in [7, 11) is 0. The van der Waals surface area contributed by atoms with Crippen molar-refractivity contribution in [3.05, 3.63) is 71.8 Å². The Morgan fingerprint density at radius 1 is 1.08 bits per heavy atom. The number of hydrogen-bond acceptors (Lipinski definition) is 2. The topological polar surface area (TPSA) is 61.4 Å². The van der Waals surface area contributed by atoms with Gasteiger partial charge in [-0.15, -0.1) is 0 Å². The lowest BCUT2D eigenvalue weighted by atomic mass is 10.2. The van der Waals surface area contributed by atoms with Crippen LogP contribution in [-0.4, -0.2) is 29.9 Å². The van der Waals surface area contributed by atoms with Crippen molar-refractivity contribution in [3.63, 3.8) is 0 Å². The number of nitrogens with zero attached hydrogens (tertiary/aromatic N) is 1. The van der Waals surface area contributed by atoms with Gasteiger partial charge >= 0.3 is 6.03 Å². The van der Waals surface area contributed by atoms with Gasteiger partial charge in [0.05, 0.1) is 0 Å². The molecule has 2 aromatic carbocycles. The molecular formula is C21H23N3O2. The summed E-state index contributed by atoms with van der Waals surface area (Å²) in [6.45, 7) is 1.92. The monoisotopic (exact) mass is 349 g/mol. The van der Waals surface area contributed by atoms with Crippen molar-refractivity contribution in [2.75, 3.05) is 18.4 Å². The predicted octanol–water partition coefficient (Wildman–Crippen LogP) is 3.64. The fourth-order valence-corrected chi connectivity index (χ4v) is 2.87. The Bertz CT molecular complexity index is 770. The van der Waals surface area contributed by atoms with Crippen molar-refractivity contribution in [2.24, 2.45) is 0 Å². The van der Waals surface area contributed by atoms with Crippen LogP contribution in [0.4, 0.5) is 10.5 Å². The van der Waals surface area contributed by atoms with Crippen LogP contribution in [0.2, 0.25) is 0 Å². The number of urea groups is 1. The molecule has 1 aliphatic heterocycles. The van der Waals surface area contributed by atoms with E-state index in [1.54, 1.807) is 0 Å². The van der Waals surface area contributed by atoms with Gasteiger partial charge in [0.2, 0.25) is 5.91 Å². The number of rotatable bonds is 6. The molecule has 1 aliphatic rings. The number of hydrogen-bond donors (Lipinski definition) is 2. The molecular weight excluding hydrogens is 326 g/mol. The summed E-state index contributed by atoms with van der Waals surface area (Å²) in [5.41, 5.74) is 2.89. The molecule has 0 radical (unpaired) electrons. The molecule has 5 nitrogen and oxygen atoms in total. The van der Waals surface area contributed by atoms with Gasteiger partial charge in [-0.05, 0) is 29.7 Å². The zero-order chi connectivity index (χ0) is 18.2. The molecule has 0 saturated carbocycles. The smallest absolute Gasteiger partial charge is 0.319 e. The molecule has 26 heavy (non-hydrogen) atoms. The van der Waals surface area contributed by atoms with Crippen molar-refractivity contribution in [2.45, 2.75) is 19.4 Å². The van der Waals surface area contributed by atoms with Gasteiger partial charge in [0.25, 0.3) is 0 Å². The zero-order valence-electron chi connectivity index (χ0n) is 14.7. The quantitative estimate of drug-likeness (QED) is 0.836. The van der Waals surface area contributed by atoms with E-state index >= 15 is 0 Å². The average Bonchev–Trinajstić information content (AvgIpc) is 3.06. The van der Waals surface area contributed by atoms with Crippen molar-refractivity contribution < 1.29 is 9.59 Å². The molecule has 0 aliphatic carbocycles. The van der Waals surface area contributed by atoms with Crippen molar-refractivity contribution >= 4 is 23.7 Å². The number of amides is 3. The second kappa shape index (κ2) is 8.85. The molecule has 0 spiro atoms. The zero-order valence-corrected chi connectivity index (χ0v) is 14.7. The lowest BCUT2D eigenvalue weighted by Gasteiger charge is -2.15. The summed E-state index contributed by atoms with van der Waals surface area (Å²) < 4.78 is 0. The maximum atomic E-state index is 11.9. The van der Waals surface area contributed by atoms with Gasteiger partial charge in [-0.25, -0.2) is 4.79 Å². The molecule has 5 heteroatoms. The van der Waals surface area contributed by atoms with E-state index in [1.807, 2.05) is 71.6 Å². The van der Waals surface area contributed by atoms with Crippen molar-refractivity contribution in [1.29, 1.82) is 0 Å². The Morgan fingerprint density at radius 3 is 2.54 bits per heavy atom. The van der Waals surface area contributed by atoms with Crippen molar-refractivity contribution in [3.8, 4) is 0 Å². The van der Waals surface area contributed by atoms with Crippen LogP contribution in [-0.2, 0) is 11.3 Å². The second-order valence-corrected chi connectivity index (χ2v) is 6.26. The van der Waals surface area contributed by atoms with Gasteiger partial charge in [0, 0.05) is 31.7 Å². The summed E-state index contributed by atoms with van der Waals surface area (Å²) in [4.78, 5) is 25.5. The third kappa shape index (κ3) is 5.21. The fourth-order valence-electron chi connectivity index (χ4n) is 2.87. The standard InChI is InChI=1S/C21H23N3O2/c25-20-9-5-15-24(20)16-18-10-12-19(13-11-18)23-21(26)22-14-4-8-17-6-2-1-3-7-17/h1-4,6-8,10-13H,5,9,14-16H2,(H2,22,23,26)/b8-4+. The van der Waals surface area contributed by atoms with Crippen LogP contribution in [0, 0.1) is 0 Å². The van der Waals surface area contributed by atoms with Gasteiger partial charge in [-0.3, -0.25) is 4.79 Å². The van der Waals surface area contributed by atoms with Crippen LogP contribution >= 0.6 is 0 Å². The molecule has 0 aromatic heterocycles. The highest BCUT2D eigenvalue weighted by Crippen LogP contribution is 2.16. The van der Waals surface area contributed by atoms with E-state index in [2.05, 4.69) is 10.6 Å². The van der Waals surface area contributed by atoms with Crippen molar-refractivity contribution in [1.82, 2.24) is 10.2 Å². The molecule has 3 amide bonds. The first-order valence-electron chi connectivity index (χ1n) is 8.84. The minimum absolute atomic E-state index is 0.218. The molecule has 0 unspecified atom stereocenters. The molecule has 0 atom stereocenters. The number of carbonyl (C=O) groups excluding carboxylic acids is 2. The largest absolute Gasteiger partial charge is 0.338 e.